The van der Waals surface area contributed by atoms with Crippen molar-refractivity contribution in [2.45, 2.75) is 96.6 Å². The van der Waals surface area contributed by atoms with Crippen LogP contribution in [0.1, 0.15) is 89.4 Å². The first-order chi connectivity index (χ1) is 19.4. The van der Waals surface area contributed by atoms with E-state index in [1.165, 1.54) is 0 Å². The Hall–Kier alpha value is -3.62. The smallest absolute Gasteiger partial charge is 0.297 e. The number of unbranched alkanes of at least 4 members (excludes halogenated alkanes) is 1. The summed E-state index contributed by atoms with van der Waals surface area (Å²) in [5, 5.41) is 14.6. The monoisotopic (exact) mass is 543 g/mol. The van der Waals surface area contributed by atoms with Crippen molar-refractivity contribution in [3.8, 4) is 11.4 Å². The van der Waals surface area contributed by atoms with Crippen LogP contribution in [-0.4, -0.2) is 41.8 Å². The van der Waals surface area contributed by atoms with Crippen molar-refractivity contribution in [2.75, 3.05) is 0 Å². The molecule has 1 N–H and O–H groups in total. The summed E-state index contributed by atoms with van der Waals surface area (Å²) in [6.45, 7) is 7.00. The van der Waals surface area contributed by atoms with Crippen molar-refractivity contribution in [3.05, 3.63) is 64.5 Å². The third kappa shape index (κ3) is 5.64. The third-order valence-corrected chi connectivity index (χ3v) is 8.75. The molecule has 9 nitrogen and oxygen atoms in total. The first kappa shape index (κ1) is 27.9. The number of aliphatic imine (C=N–C) groups is 1. The molecule has 1 aliphatic heterocycles. The molecule has 5 rings (SSSR count). The Morgan fingerprint density at radius 1 is 1.18 bits per heavy atom. The van der Waals surface area contributed by atoms with Gasteiger partial charge in [0, 0.05) is 48.2 Å². The normalized spacial score (nSPS) is 23.4. The summed E-state index contributed by atoms with van der Waals surface area (Å²) in [4.78, 5) is 32.3. The number of ketones is 1. The summed E-state index contributed by atoms with van der Waals surface area (Å²) >= 11 is 0. The molecule has 1 fully saturated rings. The highest BCUT2D eigenvalue weighted by Gasteiger charge is 2.37. The van der Waals surface area contributed by atoms with Crippen molar-refractivity contribution in [1.29, 1.82) is 0 Å². The van der Waals surface area contributed by atoms with Crippen LogP contribution in [-0.2, 0) is 23.2 Å². The van der Waals surface area contributed by atoms with E-state index >= 15 is 0 Å². The van der Waals surface area contributed by atoms with Gasteiger partial charge in [0.25, 0.3) is 0 Å². The maximum atomic E-state index is 14.3. The first-order valence-electron chi connectivity index (χ1n) is 14.8. The molecule has 0 saturated heterocycles. The van der Waals surface area contributed by atoms with Crippen molar-refractivity contribution in [2.24, 2.45) is 16.8 Å². The van der Waals surface area contributed by atoms with Crippen LogP contribution < -0.4 is 5.69 Å². The number of aryl methyl sites for hydroxylation is 1. The molecule has 2 aliphatic rings. The SMILES string of the molecule is CCCCc1cn(C2C(=O)CCCCCC2C(C)C)c(=O)n1CC1(c2cccc(-c3nn[nH]n3)c2)C=CN=CC1. The number of hydrogen-bond acceptors (Lipinski definition) is 6. The molecule has 1 aromatic carbocycles. The molecule has 1 aliphatic carbocycles. The molecule has 0 amide bonds. The summed E-state index contributed by atoms with van der Waals surface area (Å²) < 4.78 is 3.73. The maximum absolute atomic E-state index is 14.3. The van der Waals surface area contributed by atoms with E-state index in [1.807, 2.05) is 35.3 Å². The standard InChI is InChI=1S/C31H41N7O2/c1-4-5-12-25-20-37(28-26(22(2)3)13-7-6-8-14-27(28)39)30(40)38(25)21-31(15-17-32-18-16-31)24-11-9-10-23(19-24)29-33-35-36-34-29/h9-11,15,17-20,22,26,28H,4-8,12-14,16,21H2,1-3H3,(H,33,34,35,36). The van der Waals surface area contributed by atoms with Crippen molar-refractivity contribution in [1.82, 2.24) is 29.8 Å². The zero-order chi connectivity index (χ0) is 28.1. The number of carbonyl (C=O) groups is 1. The van der Waals surface area contributed by atoms with Gasteiger partial charge in [0.1, 0.15) is 0 Å². The zero-order valence-corrected chi connectivity index (χ0v) is 23.9. The van der Waals surface area contributed by atoms with Crippen LogP contribution in [0.15, 0.2) is 52.5 Å². The fourth-order valence-electron chi connectivity index (χ4n) is 6.42. The summed E-state index contributed by atoms with van der Waals surface area (Å²) in [6.07, 6.45) is 15.9. The molecule has 3 atom stereocenters. The topological polar surface area (TPSA) is 111 Å². The molecular weight excluding hydrogens is 502 g/mol. The van der Waals surface area contributed by atoms with Crippen LogP contribution >= 0.6 is 0 Å². The predicted octanol–water partition coefficient (Wildman–Crippen LogP) is 5.45. The van der Waals surface area contributed by atoms with E-state index in [0.717, 1.165) is 61.8 Å². The molecule has 0 radical (unpaired) electrons. The number of allylic oxidation sites excluding steroid dienone is 1. The molecule has 3 unspecified atom stereocenters. The Morgan fingerprint density at radius 2 is 2.05 bits per heavy atom. The van der Waals surface area contributed by atoms with Gasteiger partial charge in [-0.3, -0.25) is 18.9 Å². The third-order valence-electron chi connectivity index (χ3n) is 8.75. The summed E-state index contributed by atoms with van der Waals surface area (Å²) in [5.41, 5.74) is 2.34. The van der Waals surface area contributed by atoms with Gasteiger partial charge in [0.2, 0.25) is 5.82 Å². The van der Waals surface area contributed by atoms with Gasteiger partial charge in [-0.05, 0) is 60.8 Å². The largest absolute Gasteiger partial charge is 0.329 e. The van der Waals surface area contributed by atoms with Crippen LogP contribution in [0.25, 0.3) is 11.4 Å². The number of aromatic nitrogens is 6. The number of H-pyrrole nitrogens is 1. The minimum Gasteiger partial charge on any atom is -0.297 e. The van der Waals surface area contributed by atoms with E-state index in [0.29, 0.717) is 31.1 Å². The highest BCUT2D eigenvalue weighted by atomic mass is 16.2. The van der Waals surface area contributed by atoms with Crippen LogP contribution in [0, 0.1) is 11.8 Å². The van der Waals surface area contributed by atoms with Crippen LogP contribution in [0.3, 0.4) is 0 Å². The number of aromatic amines is 1. The Kier molecular flexibility index (Phi) is 8.57. The molecule has 1 saturated carbocycles. The molecule has 3 heterocycles. The molecule has 9 heteroatoms. The van der Waals surface area contributed by atoms with Gasteiger partial charge < -0.3 is 0 Å². The number of rotatable bonds is 9. The van der Waals surface area contributed by atoms with E-state index in [4.69, 9.17) is 0 Å². The Balaban J connectivity index is 1.60. The molecule has 3 aromatic rings. The number of carbonyl (C=O) groups excluding carboxylic acids is 1. The molecule has 0 bridgehead atoms. The lowest BCUT2D eigenvalue weighted by atomic mass is 9.76. The van der Waals surface area contributed by atoms with Gasteiger partial charge in [-0.1, -0.05) is 64.3 Å². The second kappa shape index (κ2) is 12.3. The number of imidazole rings is 1. The van der Waals surface area contributed by atoms with Crippen molar-refractivity contribution in [3.63, 3.8) is 0 Å². The number of nitrogens with one attached hydrogen (secondary N) is 1. The molecule has 2 aromatic heterocycles. The van der Waals surface area contributed by atoms with E-state index in [1.54, 1.807) is 4.57 Å². The minimum atomic E-state index is -0.485. The molecule has 0 spiro atoms. The number of Topliss-reactive ketones (excluding diaryl/α,β-unsaturated/α-hetero) is 1. The number of tetrazole rings is 1. The highest BCUT2D eigenvalue weighted by Crippen LogP contribution is 2.37. The molecular formula is C31H41N7O2. The van der Waals surface area contributed by atoms with Crippen LogP contribution in [0.2, 0.25) is 0 Å². The molecule has 40 heavy (non-hydrogen) atoms. The van der Waals surface area contributed by atoms with Gasteiger partial charge >= 0.3 is 5.69 Å². The molecule has 212 valence electrons. The number of nitrogens with zero attached hydrogens (tertiary/aromatic N) is 6. The fourth-order valence-corrected chi connectivity index (χ4v) is 6.42. The van der Waals surface area contributed by atoms with Crippen LogP contribution in [0.4, 0.5) is 0 Å². The van der Waals surface area contributed by atoms with E-state index in [-0.39, 0.29) is 17.4 Å². The number of benzene rings is 1. The first-order valence-corrected chi connectivity index (χ1v) is 14.8. The van der Waals surface area contributed by atoms with Crippen molar-refractivity contribution >= 4 is 12.0 Å². The average molecular weight is 544 g/mol. The van der Waals surface area contributed by atoms with E-state index in [9.17, 15) is 9.59 Å². The predicted molar refractivity (Wildman–Crippen MR) is 156 cm³/mol. The summed E-state index contributed by atoms with van der Waals surface area (Å²) in [7, 11) is 0. The van der Waals surface area contributed by atoms with Crippen molar-refractivity contribution < 1.29 is 4.79 Å². The minimum absolute atomic E-state index is 0.0831. The van der Waals surface area contributed by atoms with Gasteiger partial charge in [0.05, 0.1) is 6.04 Å². The zero-order valence-electron chi connectivity index (χ0n) is 23.9. The number of hydrogen-bond donors (Lipinski definition) is 1. The highest BCUT2D eigenvalue weighted by molar-refractivity contribution is 5.83. The summed E-state index contributed by atoms with van der Waals surface area (Å²) in [5.74, 6) is 1.20. The van der Waals surface area contributed by atoms with Gasteiger partial charge in [-0.15, -0.1) is 10.2 Å². The van der Waals surface area contributed by atoms with E-state index < -0.39 is 11.5 Å². The quantitative estimate of drug-likeness (QED) is 0.386. The van der Waals surface area contributed by atoms with E-state index in [2.05, 4.69) is 64.6 Å². The van der Waals surface area contributed by atoms with Gasteiger partial charge in [-0.25, -0.2) is 4.79 Å². The average Bonchev–Trinajstić information content (AvgIpc) is 3.59. The Bertz CT molecular complexity index is 1420. The second-order valence-corrected chi connectivity index (χ2v) is 11.7. The second-order valence-electron chi connectivity index (χ2n) is 11.7. The van der Waals surface area contributed by atoms with Gasteiger partial charge in [0.15, 0.2) is 5.78 Å². The Labute approximate surface area is 235 Å². The van der Waals surface area contributed by atoms with Crippen LogP contribution in [0.5, 0.6) is 0 Å². The maximum Gasteiger partial charge on any atom is 0.329 e. The fraction of sp³-hybridized carbons (Fsp3) is 0.548. The Morgan fingerprint density at radius 3 is 2.77 bits per heavy atom. The van der Waals surface area contributed by atoms with Gasteiger partial charge in [-0.2, -0.15) is 5.21 Å². The summed E-state index contributed by atoms with van der Waals surface area (Å²) in [6, 6.07) is 7.72. The lowest BCUT2D eigenvalue weighted by Gasteiger charge is -2.33. The lowest BCUT2D eigenvalue weighted by molar-refractivity contribution is -0.125. The lowest BCUT2D eigenvalue weighted by Crippen LogP contribution is -2.41.